The third kappa shape index (κ3) is 3.39. The normalized spacial score (nSPS) is 17.2. The van der Waals surface area contributed by atoms with Crippen LogP contribution in [-0.2, 0) is 16.1 Å². The Balaban J connectivity index is 2.19. The molecule has 2 heterocycles. The molecule has 2 N–H and O–H groups in total. The molecule has 1 amide bonds. The Hall–Kier alpha value is -1.53. The number of carbonyl (C=O) groups is 1. The number of amides is 1. The van der Waals surface area contributed by atoms with Crippen molar-refractivity contribution in [2.75, 3.05) is 19.8 Å². The SMILES string of the molecule is CCN(Cc1ccncc1)C(=O)C1(C(N)=S)CCOCC1. The molecule has 21 heavy (non-hydrogen) atoms. The molecule has 5 nitrogen and oxygen atoms in total. The molecule has 0 atom stereocenters. The number of carbonyl (C=O) groups excluding carboxylic acids is 1. The summed E-state index contributed by atoms with van der Waals surface area (Å²) in [5.74, 6) is 0.0117. The second kappa shape index (κ2) is 6.95. The Bertz CT molecular complexity index is 501. The summed E-state index contributed by atoms with van der Waals surface area (Å²) in [6.07, 6.45) is 4.58. The maximum Gasteiger partial charge on any atom is 0.236 e. The first-order chi connectivity index (χ1) is 10.1. The monoisotopic (exact) mass is 307 g/mol. The molecule has 1 aliphatic rings. The van der Waals surface area contributed by atoms with Gasteiger partial charge in [-0.1, -0.05) is 12.2 Å². The fraction of sp³-hybridized carbons (Fsp3) is 0.533. The van der Waals surface area contributed by atoms with E-state index in [1.165, 1.54) is 0 Å². The van der Waals surface area contributed by atoms with Crippen LogP contribution in [0.5, 0.6) is 0 Å². The van der Waals surface area contributed by atoms with E-state index in [-0.39, 0.29) is 10.9 Å². The van der Waals surface area contributed by atoms with Gasteiger partial charge in [-0.25, -0.2) is 0 Å². The molecule has 1 aliphatic heterocycles. The third-order valence-corrected chi connectivity index (χ3v) is 4.41. The fourth-order valence-electron chi connectivity index (χ4n) is 2.62. The second-order valence-electron chi connectivity index (χ2n) is 5.23. The molecule has 0 aromatic carbocycles. The molecule has 6 heteroatoms. The highest BCUT2D eigenvalue weighted by Crippen LogP contribution is 2.33. The predicted molar refractivity (Wildman–Crippen MR) is 84.6 cm³/mol. The summed E-state index contributed by atoms with van der Waals surface area (Å²) >= 11 is 5.20. The van der Waals surface area contributed by atoms with Gasteiger partial charge in [0.2, 0.25) is 5.91 Å². The molecule has 0 unspecified atom stereocenters. The average Bonchev–Trinajstić information content (AvgIpc) is 2.53. The van der Waals surface area contributed by atoms with E-state index in [0.717, 1.165) is 5.56 Å². The quantitative estimate of drug-likeness (QED) is 0.835. The molecule has 0 spiro atoms. The summed E-state index contributed by atoms with van der Waals surface area (Å²) in [5, 5.41) is 0. The van der Waals surface area contributed by atoms with E-state index in [2.05, 4.69) is 4.98 Å². The number of hydrogen-bond acceptors (Lipinski definition) is 4. The number of nitrogens with zero attached hydrogens (tertiary/aromatic N) is 2. The molecule has 0 saturated carbocycles. The molecule has 0 radical (unpaired) electrons. The smallest absolute Gasteiger partial charge is 0.236 e. The number of thiocarbonyl (C=S) groups is 1. The molecule has 1 aromatic heterocycles. The standard InChI is InChI=1S/C15H21N3O2S/c1-2-18(11-12-3-7-17-8-4-12)14(19)15(13(16)21)5-9-20-10-6-15/h3-4,7-8H,2,5-6,9-11H2,1H3,(H2,16,21). The maximum absolute atomic E-state index is 13.0. The van der Waals surface area contributed by atoms with Crippen LogP contribution >= 0.6 is 12.2 Å². The largest absolute Gasteiger partial charge is 0.392 e. The highest BCUT2D eigenvalue weighted by molar-refractivity contribution is 7.80. The van der Waals surface area contributed by atoms with Gasteiger partial charge < -0.3 is 15.4 Å². The van der Waals surface area contributed by atoms with Gasteiger partial charge in [-0.2, -0.15) is 0 Å². The number of ether oxygens (including phenoxy) is 1. The van der Waals surface area contributed by atoms with Crippen molar-refractivity contribution in [2.24, 2.45) is 11.1 Å². The number of rotatable bonds is 5. The van der Waals surface area contributed by atoms with E-state index in [1.807, 2.05) is 19.1 Å². The number of aromatic nitrogens is 1. The van der Waals surface area contributed by atoms with Crippen molar-refractivity contribution >= 4 is 23.1 Å². The van der Waals surface area contributed by atoms with Crippen LogP contribution in [-0.4, -0.2) is 40.5 Å². The molecule has 1 fully saturated rings. The lowest BCUT2D eigenvalue weighted by Gasteiger charge is -2.38. The van der Waals surface area contributed by atoms with E-state index in [9.17, 15) is 4.79 Å². The molecule has 1 aromatic rings. The first-order valence-electron chi connectivity index (χ1n) is 7.16. The summed E-state index contributed by atoms with van der Waals surface area (Å²) in [5.41, 5.74) is 6.20. The topological polar surface area (TPSA) is 68.5 Å². The average molecular weight is 307 g/mol. The van der Waals surface area contributed by atoms with Gasteiger partial charge in [-0.05, 0) is 37.5 Å². The summed E-state index contributed by atoms with van der Waals surface area (Å²) in [7, 11) is 0. The van der Waals surface area contributed by atoms with Crippen molar-refractivity contribution in [3.05, 3.63) is 30.1 Å². The van der Waals surface area contributed by atoms with Crippen LogP contribution in [0.4, 0.5) is 0 Å². The highest BCUT2D eigenvalue weighted by atomic mass is 32.1. The van der Waals surface area contributed by atoms with Gasteiger partial charge in [0.05, 0.1) is 4.99 Å². The molecule has 2 rings (SSSR count). The minimum absolute atomic E-state index is 0.0117. The lowest BCUT2D eigenvalue weighted by Crippen LogP contribution is -2.53. The Labute approximate surface area is 130 Å². The summed E-state index contributed by atoms with van der Waals surface area (Å²) in [6.45, 7) is 4.17. The zero-order valence-electron chi connectivity index (χ0n) is 12.2. The Morgan fingerprint density at radius 2 is 2.05 bits per heavy atom. The van der Waals surface area contributed by atoms with Gasteiger partial charge in [-0.15, -0.1) is 0 Å². The Morgan fingerprint density at radius 1 is 1.43 bits per heavy atom. The van der Waals surface area contributed by atoms with E-state index < -0.39 is 5.41 Å². The zero-order valence-corrected chi connectivity index (χ0v) is 13.1. The van der Waals surface area contributed by atoms with E-state index >= 15 is 0 Å². The molecule has 0 aliphatic carbocycles. The molecular formula is C15H21N3O2S. The second-order valence-corrected chi connectivity index (χ2v) is 5.67. The summed E-state index contributed by atoms with van der Waals surface area (Å²) in [4.78, 5) is 19.1. The van der Waals surface area contributed by atoms with E-state index in [0.29, 0.717) is 39.1 Å². The van der Waals surface area contributed by atoms with Crippen molar-refractivity contribution in [2.45, 2.75) is 26.3 Å². The van der Waals surface area contributed by atoms with Crippen LogP contribution in [0.3, 0.4) is 0 Å². The van der Waals surface area contributed by atoms with Crippen LogP contribution in [0, 0.1) is 5.41 Å². The highest BCUT2D eigenvalue weighted by Gasteiger charge is 2.44. The number of nitrogens with two attached hydrogens (primary N) is 1. The first kappa shape index (κ1) is 15.9. The molecule has 114 valence electrons. The van der Waals surface area contributed by atoms with Crippen molar-refractivity contribution in [1.29, 1.82) is 0 Å². The van der Waals surface area contributed by atoms with Crippen molar-refractivity contribution in [3.63, 3.8) is 0 Å². The van der Waals surface area contributed by atoms with Crippen molar-refractivity contribution in [3.8, 4) is 0 Å². The van der Waals surface area contributed by atoms with Gasteiger partial charge in [0.15, 0.2) is 0 Å². The first-order valence-corrected chi connectivity index (χ1v) is 7.57. The van der Waals surface area contributed by atoms with Crippen molar-refractivity contribution in [1.82, 2.24) is 9.88 Å². The minimum atomic E-state index is -0.753. The summed E-state index contributed by atoms with van der Waals surface area (Å²) in [6, 6.07) is 3.82. The van der Waals surface area contributed by atoms with Crippen LogP contribution in [0.2, 0.25) is 0 Å². The maximum atomic E-state index is 13.0. The van der Waals surface area contributed by atoms with Crippen LogP contribution in [0.25, 0.3) is 0 Å². The summed E-state index contributed by atoms with van der Waals surface area (Å²) < 4.78 is 5.36. The lowest BCUT2D eigenvalue weighted by molar-refractivity contribution is -0.142. The lowest BCUT2D eigenvalue weighted by atomic mass is 9.78. The number of pyridine rings is 1. The molecule has 0 bridgehead atoms. The Morgan fingerprint density at radius 3 is 2.57 bits per heavy atom. The third-order valence-electron chi connectivity index (χ3n) is 4.02. The van der Waals surface area contributed by atoms with Gasteiger partial charge >= 0.3 is 0 Å². The predicted octanol–water partition coefficient (Wildman–Crippen LogP) is 1.51. The Kier molecular flexibility index (Phi) is 5.25. The fourth-order valence-corrected chi connectivity index (χ4v) is 2.92. The van der Waals surface area contributed by atoms with E-state index in [1.54, 1.807) is 17.3 Å². The van der Waals surface area contributed by atoms with Crippen LogP contribution in [0.1, 0.15) is 25.3 Å². The van der Waals surface area contributed by atoms with Gasteiger partial charge in [0.1, 0.15) is 5.41 Å². The zero-order chi connectivity index (χ0) is 15.3. The molecule has 1 saturated heterocycles. The molecular weight excluding hydrogens is 286 g/mol. The van der Waals surface area contributed by atoms with E-state index in [4.69, 9.17) is 22.7 Å². The van der Waals surface area contributed by atoms with Crippen molar-refractivity contribution < 1.29 is 9.53 Å². The minimum Gasteiger partial charge on any atom is -0.392 e. The van der Waals surface area contributed by atoms with Gasteiger partial charge in [0, 0.05) is 38.7 Å². The van der Waals surface area contributed by atoms with Crippen LogP contribution < -0.4 is 5.73 Å². The van der Waals surface area contributed by atoms with Gasteiger partial charge in [0.25, 0.3) is 0 Å². The van der Waals surface area contributed by atoms with Crippen LogP contribution in [0.15, 0.2) is 24.5 Å². The number of hydrogen-bond donors (Lipinski definition) is 1. The van der Waals surface area contributed by atoms with Gasteiger partial charge in [-0.3, -0.25) is 9.78 Å².